The van der Waals surface area contributed by atoms with Gasteiger partial charge in [-0.3, -0.25) is 0 Å². The third kappa shape index (κ3) is 1.66. The van der Waals surface area contributed by atoms with Crippen LogP contribution in [-0.4, -0.2) is 29.9 Å². The zero-order valence-electron chi connectivity index (χ0n) is 10.5. The van der Waals surface area contributed by atoms with Crippen molar-refractivity contribution in [1.82, 2.24) is 9.55 Å². The highest BCUT2D eigenvalue weighted by Gasteiger charge is 2.33. The summed E-state index contributed by atoms with van der Waals surface area (Å²) in [6.07, 6.45) is 0.978. The highest BCUT2D eigenvalue weighted by Crippen LogP contribution is 2.32. The van der Waals surface area contributed by atoms with Gasteiger partial charge in [0.25, 0.3) is 0 Å². The van der Waals surface area contributed by atoms with Gasteiger partial charge in [0, 0.05) is 12.7 Å². The lowest BCUT2D eigenvalue weighted by Gasteiger charge is -2.24. The molecule has 0 amide bonds. The second-order valence-corrected chi connectivity index (χ2v) is 5.33. The highest BCUT2D eigenvalue weighted by atomic mass is 32.1. The van der Waals surface area contributed by atoms with Gasteiger partial charge in [0.05, 0.1) is 30.3 Å². The molecule has 0 spiro atoms. The first-order valence-corrected chi connectivity index (χ1v) is 6.42. The number of aromatic nitrogens is 2. The summed E-state index contributed by atoms with van der Waals surface area (Å²) in [6.45, 7) is 3.67. The number of fused-ring (bicyclic) bond motifs is 1. The van der Waals surface area contributed by atoms with Gasteiger partial charge in [-0.2, -0.15) is 0 Å². The molecule has 0 aliphatic carbocycles. The van der Waals surface area contributed by atoms with E-state index in [1.54, 1.807) is 7.11 Å². The van der Waals surface area contributed by atoms with Gasteiger partial charge < -0.3 is 19.0 Å². The molecule has 4 nitrogen and oxygen atoms in total. The Balaban J connectivity index is 2.27. The molecule has 96 valence electrons. The van der Waals surface area contributed by atoms with Crippen molar-refractivity contribution in [3.05, 3.63) is 23.0 Å². The summed E-state index contributed by atoms with van der Waals surface area (Å²) in [4.78, 5) is 3.25. The topological polar surface area (TPSA) is 39.2 Å². The first kappa shape index (κ1) is 11.7. The fourth-order valence-electron chi connectivity index (χ4n) is 2.58. The summed E-state index contributed by atoms with van der Waals surface area (Å²) in [6, 6.07) is 5.95. The van der Waals surface area contributed by atoms with Gasteiger partial charge in [0.2, 0.25) is 0 Å². The molecule has 1 saturated heterocycles. The van der Waals surface area contributed by atoms with Gasteiger partial charge in [0.15, 0.2) is 4.77 Å². The van der Waals surface area contributed by atoms with Crippen LogP contribution in [0.3, 0.4) is 0 Å². The molecule has 1 aromatic carbocycles. The van der Waals surface area contributed by atoms with Gasteiger partial charge in [-0.1, -0.05) is 0 Å². The van der Waals surface area contributed by atoms with Crippen molar-refractivity contribution >= 4 is 23.3 Å². The number of methoxy groups -OCH3 is 1. The summed E-state index contributed by atoms with van der Waals surface area (Å²) in [7, 11) is 1.67. The van der Waals surface area contributed by atoms with Crippen molar-refractivity contribution in [1.29, 1.82) is 0 Å². The number of hydrogen-bond acceptors (Lipinski definition) is 3. The second kappa shape index (κ2) is 4.10. The van der Waals surface area contributed by atoms with Crippen molar-refractivity contribution in [3.8, 4) is 5.75 Å². The number of rotatable bonds is 2. The molecular weight excluding hydrogens is 248 g/mol. The van der Waals surface area contributed by atoms with Crippen LogP contribution in [0.5, 0.6) is 5.75 Å². The minimum absolute atomic E-state index is 0.0678. The van der Waals surface area contributed by atoms with Crippen LogP contribution in [0.25, 0.3) is 11.0 Å². The Hall–Kier alpha value is -1.33. The van der Waals surface area contributed by atoms with E-state index in [4.69, 9.17) is 21.7 Å². The SMILES string of the molecule is COc1ccc2[nH]c(=S)n(C3(C)CCOC3)c2c1. The zero-order chi connectivity index (χ0) is 12.8. The Bertz CT molecular complexity index is 638. The molecule has 1 aromatic heterocycles. The maximum absolute atomic E-state index is 5.53. The van der Waals surface area contributed by atoms with E-state index in [0.717, 1.165) is 34.6 Å². The summed E-state index contributed by atoms with van der Waals surface area (Å²) >= 11 is 5.45. The lowest BCUT2D eigenvalue weighted by molar-refractivity contribution is 0.162. The van der Waals surface area contributed by atoms with Gasteiger partial charge in [0.1, 0.15) is 5.75 Å². The van der Waals surface area contributed by atoms with Crippen LogP contribution < -0.4 is 4.74 Å². The third-order valence-corrected chi connectivity index (χ3v) is 3.91. The van der Waals surface area contributed by atoms with Crippen LogP contribution in [0.1, 0.15) is 13.3 Å². The molecule has 1 unspecified atom stereocenters. The van der Waals surface area contributed by atoms with Gasteiger partial charge in [-0.05, 0) is 37.7 Å². The van der Waals surface area contributed by atoms with Crippen molar-refractivity contribution in [2.45, 2.75) is 18.9 Å². The molecule has 0 radical (unpaired) electrons. The fourth-order valence-corrected chi connectivity index (χ4v) is 3.01. The Morgan fingerprint density at radius 1 is 1.50 bits per heavy atom. The average molecular weight is 264 g/mol. The van der Waals surface area contributed by atoms with Gasteiger partial charge in [-0.15, -0.1) is 0 Å². The van der Waals surface area contributed by atoms with Crippen molar-refractivity contribution < 1.29 is 9.47 Å². The van der Waals surface area contributed by atoms with E-state index in [2.05, 4.69) is 16.5 Å². The summed E-state index contributed by atoms with van der Waals surface area (Å²) in [5.41, 5.74) is 2.04. The van der Waals surface area contributed by atoms with Crippen LogP contribution in [0.15, 0.2) is 18.2 Å². The average Bonchev–Trinajstić information content (AvgIpc) is 2.91. The number of H-pyrrole nitrogens is 1. The lowest BCUT2D eigenvalue weighted by atomic mass is 10.0. The molecular formula is C13H16N2O2S. The predicted octanol–water partition coefficient (Wildman–Crippen LogP) is 2.84. The molecule has 5 heteroatoms. The Kier molecular flexibility index (Phi) is 2.68. The summed E-state index contributed by atoms with van der Waals surface area (Å²) in [5, 5.41) is 0. The molecule has 18 heavy (non-hydrogen) atoms. The summed E-state index contributed by atoms with van der Waals surface area (Å²) < 4.78 is 13.7. The normalized spacial score (nSPS) is 23.7. The number of ether oxygens (including phenoxy) is 2. The van der Waals surface area contributed by atoms with E-state index in [1.807, 2.05) is 18.2 Å². The first-order valence-electron chi connectivity index (χ1n) is 6.01. The largest absolute Gasteiger partial charge is 0.497 e. The van der Waals surface area contributed by atoms with Crippen molar-refractivity contribution in [2.24, 2.45) is 0 Å². The molecule has 1 aliphatic rings. The molecule has 1 atom stereocenters. The number of imidazole rings is 1. The quantitative estimate of drug-likeness (QED) is 0.848. The molecule has 1 N–H and O–H groups in total. The molecule has 0 saturated carbocycles. The number of benzene rings is 1. The lowest BCUT2D eigenvalue weighted by Crippen LogP contribution is -2.30. The fraction of sp³-hybridized carbons (Fsp3) is 0.462. The maximum Gasteiger partial charge on any atom is 0.178 e. The minimum atomic E-state index is -0.0678. The molecule has 3 rings (SSSR count). The van der Waals surface area contributed by atoms with E-state index in [-0.39, 0.29) is 5.54 Å². The molecule has 2 heterocycles. The maximum atomic E-state index is 5.53. The standard InChI is InChI=1S/C13H16N2O2S/c1-13(5-6-17-8-13)15-11-7-9(16-2)3-4-10(11)14-12(15)18/h3-4,7H,5-6,8H2,1-2H3,(H,14,18). The third-order valence-electron chi connectivity index (χ3n) is 3.63. The first-order chi connectivity index (χ1) is 8.64. The number of aromatic amines is 1. The Labute approximate surface area is 111 Å². The Morgan fingerprint density at radius 3 is 3.00 bits per heavy atom. The zero-order valence-corrected chi connectivity index (χ0v) is 11.3. The molecule has 1 aliphatic heterocycles. The monoisotopic (exact) mass is 264 g/mol. The van der Waals surface area contributed by atoms with Crippen LogP contribution >= 0.6 is 12.2 Å². The van der Waals surface area contributed by atoms with E-state index in [0.29, 0.717) is 6.61 Å². The molecule has 1 fully saturated rings. The van der Waals surface area contributed by atoms with E-state index in [9.17, 15) is 0 Å². The number of nitrogens with one attached hydrogen (secondary N) is 1. The van der Waals surface area contributed by atoms with Crippen LogP contribution in [-0.2, 0) is 10.3 Å². The van der Waals surface area contributed by atoms with Gasteiger partial charge >= 0.3 is 0 Å². The summed E-state index contributed by atoms with van der Waals surface area (Å²) in [5.74, 6) is 0.841. The molecule has 2 aromatic rings. The minimum Gasteiger partial charge on any atom is -0.497 e. The number of hydrogen-bond donors (Lipinski definition) is 1. The van der Waals surface area contributed by atoms with E-state index < -0.39 is 0 Å². The second-order valence-electron chi connectivity index (χ2n) is 4.95. The van der Waals surface area contributed by atoms with Crippen LogP contribution in [0.4, 0.5) is 0 Å². The van der Waals surface area contributed by atoms with E-state index in [1.165, 1.54) is 0 Å². The van der Waals surface area contributed by atoms with Crippen LogP contribution in [0, 0.1) is 4.77 Å². The predicted molar refractivity (Wildman–Crippen MR) is 72.8 cm³/mol. The van der Waals surface area contributed by atoms with Gasteiger partial charge in [-0.25, -0.2) is 0 Å². The molecule has 0 bridgehead atoms. The number of nitrogens with zero attached hydrogens (tertiary/aromatic N) is 1. The Morgan fingerprint density at radius 2 is 2.33 bits per heavy atom. The van der Waals surface area contributed by atoms with Crippen molar-refractivity contribution in [3.63, 3.8) is 0 Å². The smallest absolute Gasteiger partial charge is 0.178 e. The van der Waals surface area contributed by atoms with Crippen LogP contribution in [0.2, 0.25) is 0 Å². The highest BCUT2D eigenvalue weighted by molar-refractivity contribution is 7.71. The van der Waals surface area contributed by atoms with Crippen molar-refractivity contribution in [2.75, 3.05) is 20.3 Å². The van der Waals surface area contributed by atoms with E-state index >= 15 is 0 Å².